The summed E-state index contributed by atoms with van der Waals surface area (Å²) >= 11 is 0. The van der Waals surface area contributed by atoms with Crippen molar-refractivity contribution in [2.75, 3.05) is 5.32 Å². The molecule has 1 atom stereocenters. The molecule has 2 N–H and O–H groups in total. The summed E-state index contributed by atoms with van der Waals surface area (Å²) < 4.78 is 13.8. The highest BCUT2D eigenvalue weighted by Crippen LogP contribution is 2.21. The fourth-order valence-electron chi connectivity index (χ4n) is 2.30. The van der Waals surface area contributed by atoms with Gasteiger partial charge >= 0.3 is 0 Å². The molecule has 1 saturated heterocycles. The van der Waals surface area contributed by atoms with Crippen LogP contribution in [0, 0.1) is 11.7 Å². The molecular weight excluding hydrogens is 259 g/mol. The van der Waals surface area contributed by atoms with Crippen molar-refractivity contribution in [1.29, 1.82) is 0 Å². The minimum Gasteiger partial charge on any atom is -0.371 e. The van der Waals surface area contributed by atoms with Gasteiger partial charge in [-0.15, -0.1) is 0 Å². The Morgan fingerprint density at radius 2 is 2.15 bits per heavy atom. The Bertz CT molecular complexity index is 529. The zero-order valence-corrected chi connectivity index (χ0v) is 11.7. The number of rotatable bonds is 4. The molecule has 0 bridgehead atoms. The van der Waals surface area contributed by atoms with Crippen LogP contribution in [0.4, 0.5) is 10.1 Å². The molecule has 0 aromatic heterocycles. The number of amides is 2. The Balaban J connectivity index is 2.12. The first-order valence-electron chi connectivity index (χ1n) is 6.84. The Kier molecular flexibility index (Phi) is 4.37. The van der Waals surface area contributed by atoms with Crippen LogP contribution in [0.3, 0.4) is 0 Å². The highest BCUT2D eigenvalue weighted by molar-refractivity contribution is 6.01. The summed E-state index contributed by atoms with van der Waals surface area (Å²) in [5.74, 6) is -0.580. The number of carbonyl (C=O) groups is 2. The summed E-state index contributed by atoms with van der Waals surface area (Å²) in [6.07, 6.45) is 1.51. The van der Waals surface area contributed by atoms with Gasteiger partial charge in [0.2, 0.25) is 11.8 Å². The third-order valence-corrected chi connectivity index (χ3v) is 3.24. The number of carbonyl (C=O) groups excluding carboxylic acids is 2. The van der Waals surface area contributed by atoms with Gasteiger partial charge in [-0.25, -0.2) is 4.39 Å². The second-order valence-electron chi connectivity index (χ2n) is 5.56. The lowest BCUT2D eigenvalue weighted by Gasteiger charge is -2.23. The molecule has 0 aliphatic carbocycles. The number of piperidine rings is 1. The van der Waals surface area contributed by atoms with Gasteiger partial charge in [-0.05, 0) is 36.5 Å². The van der Waals surface area contributed by atoms with E-state index in [9.17, 15) is 14.0 Å². The van der Waals surface area contributed by atoms with E-state index in [2.05, 4.69) is 24.5 Å². The Morgan fingerprint density at radius 3 is 2.80 bits per heavy atom. The Labute approximate surface area is 117 Å². The minimum absolute atomic E-state index is 0.275. The van der Waals surface area contributed by atoms with Crippen molar-refractivity contribution in [3.8, 4) is 0 Å². The van der Waals surface area contributed by atoms with E-state index < -0.39 is 11.9 Å². The van der Waals surface area contributed by atoms with E-state index in [1.54, 1.807) is 12.1 Å². The molecule has 108 valence electrons. The van der Waals surface area contributed by atoms with Crippen LogP contribution in [0.15, 0.2) is 18.2 Å². The topological polar surface area (TPSA) is 58.2 Å². The molecule has 1 heterocycles. The van der Waals surface area contributed by atoms with Gasteiger partial charge < -0.3 is 5.32 Å². The number of hydrogen-bond acceptors (Lipinski definition) is 3. The number of hydrogen-bond donors (Lipinski definition) is 2. The first-order valence-corrected chi connectivity index (χ1v) is 6.84. The number of nitrogens with one attached hydrogen (secondary N) is 2. The van der Waals surface area contributed by atoms with Gasteiger partial charge in [-0.2, -0.15) is 0 Å². The van der Waals surface area contributed by atoms with Gasteiger partial charge in [0, 0.05) is 6.42 Å². The molecule has 1 aromatic carbocycles. The van der Waals surface area contributed by atoms with E-state index >= 15 is 0 Å². The third-order valence-electron chi connectivity index (χ3n) is 3.24. The van der Waals surface area contributed by atoms with Crippen LogP contribution in [0.2, 0.25) is 0 Å². The summed E-state index contributed by atoms with van der Waals surface area (Å²) in [5, 5.41) is 5.15. The lowest BCUT2D eigenvalue weighted by molar-refractivity contribution is -0.133. The molecule has 0 spiro atoms. The zero-order chi connectivity index (χ0) is 14.7. The van der Waals surface area contributed by atoms with Crippen molar-refractivity contribution >= 4 is 17.5 Å². The summed E-state index contributed by atoms with van der Waals surface area (Å²) in [7, 11) is 0. The highest BCUT2D eigenvalue weighted by Gasteiger charge is 2.26. The predicted molar refractivity (Wildman–Crippen MR) is 74.7 cm³/mol. The van der Waals surface area contributed by atoms with Crippen LogP contribution in [-0.4, -0.2) is 17.9 Å². The Morgan fingerprint density at radius 1 is 1.40 bits per heavy atom. The van der Waals surface area contributed by atoms with Crippen LogP contribution in [0.5, 0.6) is 0 Å². The van der Waals surface area contributed by atoms with Crippen molar-refractivity contribution in [1.82, 2.24) is 5.32 Å². The fraction of sp³-hybridized carbons (Fsp3) is 0.467. The molecule has 1 aliphatic rings. The lowest BCUT2D eigenvalue weighted by Crippen LogP contribution is -2.47. The number of imide groups is 1. The monoisotopic (exact) mass is 278 g/mol. The van der Waals surface area contributed by atoms with Crippen LogP contribution >= 0.6 is 0 Å². The van der Waals surface area contributed by atoms with Gasteiger partial charge in [-0.1, -0.05) is 19.9 Å². The van der Waals surface area contributed by atoms with Crippen LogP contribution in [-0.2, 0) is 16.0 Å². The first-order chi connectivity index (χ1) is 9.45. The van der Waals surface area contributed by atoms with E-state index in [1.807, 2.05) is 0 Å². The smallest absolute Gasteiger partial charge is 0.249 e. The largest absolute Gasteiger partial charge is 0.371 e. The van der Waals surface area contributed by atoms with Crippen molar-refractivity contribution < 1.29 is 14.0 Å². The zero-order valence-electron chi connectivity index (χ0n) is 11.7. The minimum atomic E-state index is -0.559. The van der Waals surface area contributed by atoms with Gasteiger partial charge in [-0.3, -0.25) is 14.9 Å². The van der Waals surface area contributed by atoms with Gasteiger partial charge in [0.1, 0.15) is 11.9 Å². The molecule has 2 rings (SSSR count). The maximum atomic E-state index is 13.8. The summed E-state index contributed by atoms with van der Waals surface area (Å²) in [4.78, 5) is 22.7. The maximum absolute atomic E-state index is 13.8. The summed E-state index contributed by atoms with van der Waals surface area (Å²) in [6.45, 7) is 4.19. The SMILES string of the molecule is CC(C)Cc1ccc(F)c(NC2CCC(=O)NC2=O)c1. The fourth-order valence-corrected chi connectivity index (χ4v) is 2.30. The van der Waals surface area contributed by atoms with Crippen LogP contribution < -0.4 is 10.6 Å². The normalized spacial score (nSPS) is 19.1. The highest BCUT2D eigenvalue weighted by atomic mass is 19.1. The maximum Gasteiger partial charge on any atom is 0.249 e. The van der Waals surface area contributed by atoms with Crippen molar-refractivity contribution in [3.63, 3.8) is 0 Å². The third kappa shape index (κ3) is 3.56. The average molecular weight is 278 g/mol. The van der Waals surface area contributed by atoms with Crippen LogP contribution in [0.25, 0.3) is 0 Å². The molecule has 0 radical (unpaired) electrons. The van der Waals surface area contributed by atoms with E-state index in [1.165, 1.54) is 6.07 Å². The molecule has 1 fully saturated rings. The molecule has 1 aromatic rings. The van der Waals surface area contributed by atoms with E-state index in [4.69, 9.17) is 0 Å². The van der Waals surface area contributed by atoms with Gasteiger partial charge in [0.05, 0.1) is 5.69 Å². The molecule has 4 nitrogen and oxygen atoms in total. The molecule has 20 heavy (non-hydrogen) atoms. The average Bonchev–Trinajstić information content (AvgIpc) is 2.36. The standard InChI is InChI=1S/C15H19FN2O2/c1-9(2)7-10-3-4-11(16)13(8-10)17-12-5-6-14(19)18-15(12)20/h3-4,8-9,12,17H,5-7H2,1-2H3,(H,18,19,20). The van der Waals surface area contributed by atoms with Crippen molar-refractivity contribution in [2.24, 2.45) is 5.92 Å². The van der Waals surface area contributed by atoms with Gasteiger partial charge in [0.15, 0.2) is 0 Å². The second-order valence-corrected chi connectivity index (χ2v) is 5.56. The lowest BCUT2D eigenvalue weighted by atomic mass is 10.0. The van der Waals surface area contributed by atoms with Crippen LogP contribution in [0.1, 0.15) is 32.3 Å². The first kappa shape index (κ1) is 14.5. The summed E-state index contributed by atoms with van der Waals surface area (Å²) in [5.41, 5.74) is 1.34. The van der Waals surface area contributed by atoms with E-state index in [0.29, 0.717) is 18.0 Å². The second kappa shape index (κ2) is 6.03. The van der Waals surface area contributed by atoms with Crippen molar-refractivity contribution in [3.05, 3.63) is 29.6 Å². The Hall–Kier alpha value is -1.91. The molecule has 0 saturated carbocycles. The molecular formula is C15H19FN2O2. The van der Waals surface area contributed by atoms with Gasteiger partial charge in [0.25, 0.3) is 0 Å². The summed E-state index contributed by atoms with van der Waals surface area (Å²) in [6, 6.07) is 4.34. The predicted octanol–water partition coefficient (Wildman–Crippen LogP) is 2.24. The quantitative estimate of drug-likeness (QED) is 0.830. The molecule has 1 unspecified atom stereocenters. The van der Waals surface area contributed by atoms with Crippen molar-refractivity contribution in [2.45, 2.75) is 39.2 Å². The molecule has 1 aliphatic heterocycles. The number of benzene rings is 1. The number of anilines is 1. The molecule has 5 heteroatoms. The number of halogens is 1. The van der Waals surface area contributed by atoms with E-state index in [-0.39, 0.29) is 18.1 Å². The molecule has 2 amide bonds. The van der Waals surface area contributed by atoms with E-state index in [0.717, 1.165) is 12.0 Å².